The lowest BCUT2D eigenvalue weighted by molar-refractivity contribution is 0.482. The Bertz CT molecular complexity index is 634. The Kier molecular flexibility index (Phi) is 3.14. The van der Waals surface area contributed by atoms with Gasteiger partial charge in [0.25, 0.3) is 0 Å². The summed E-state index contributed by atoms with van der Waals surface area (Å²) in [5, 5.41) is 1.38. The minimum atomic E-state index is 0.612. The van der Waals surface area contributed by atoms with Gasteiger partial charge < -0.3 is 4.90 Å². The van der Waals surface area contributed by atoms with Crippen molar-refractivity contribution in [1.29, 1.82) is 0 Å². The van der Waals surface area contributed by atoms with Crippen molar-refractivity contribution in [3.8, 4) is 0 Å². The number of aromatic nitrogens is 2. The van der Waals surface area contributed by atoms with E-state index < -0.39 is 0 Å². The fraction of sp³-hybridized carbons (Fsp3) is 0.625. The molecule has 1 atom stereocenters. The molecule has 1 aliphatic heterocycles. The number of thiophene rings is 1. The van der Waals surface area contributed by atoms with Gasteiger partial charge in [-0.15, -0.1) is 11.3 Å². The summed E-state index contributed by atoms with van der Waals surface area (Å²) in [6.45, 7) is 3.49. The molecule has 1 fully saturated rings. The van der Waals surface area contributed by atoms with Crippen LogP contribution < -0.4 is 4.90 Å². The summed E-state index contributed by atoms with van der Waals surface area (Å²) in [5.74, 6) is 1.21. The quantitative estimate of drug-likeness (QED) is 0.795. The smallest absolute Gasteiger partial charge is 0.141 e. The highest BCUT2D eigenvalue weighted by Gasteiger charge is 2.26. The average molecular weight is 287 g/mol. The number of rotatable bonds is 1. The first-order valence-electron chi connectivity index (χ1n) is 7.86. The zero-order valence-corrected chi connectivity index (χ0v) is 12.9. The molecule has 3 nitrogen and oxygen atoms in total. The molecule has 2 aromatic heterocycles. The van der Waals surface area contributed by atoms with E-state index >= 15 is 0 Å². The Balaban J connectivity index is 1.88. The lowest BCUT2D eigenvalue weighted by Crippen LogP contribution is -2.38. The van der Waals surface area contributed by atoms with Crippen molar-refractivity contribution in [2.45, 2.75) is 57.9 Å². The Morgan fingerprint density at radius 2 is 2.05 bits per heavy atom. The second-order valence-electron chi connectivity index (χ2n) is 6.13. The van der Waals surface area contributed by atoms with E-state index in [4.69, 9.17) is 0 Å². The zero-order chi connectivity index (χ0) is 13.5. The maximum Gasteiger partial charge on any atom is 0.141 e. The number of fused-ring (bicyclic) bond motifs is 3. The van der Waals surface area contributed by atoms with Crippen LogP contribution in [0, 0.1) is 0 Å². The molecule has 106 valence electrons. The van der Waals surface area contributed by atoms with Gasteiger partial charge in [0.15, 0.2) is 0 Å². The third-order valence-electron chi connectivity index (χ3n) is 4.81. The molecule has 0 amide bonds. The van der Waals surface area contributed by atoms with Crippen molar-refractivity contribution in [1.82, 2.24) is 9.97 Å². The highest BCUT2D eigenvalue weighted by molar-refractivity contribution is 7.19. The van der Waals surface area contributed by atoms with Gasteiger partial charge in [0.1, 0.15) is 17.0 Å². The zero-order valence-electron chi connectivity index (χ0n) is 12.1. The van der Waals surface area contributed by atoms with Gasteiger partial charge >= 0.3 is 0 Å². The summed E-state index contributed by atoms with van der Waals surface area (Å²) in [6, 6.07) is 0.612. The number of aryl methyl sites for hydroxylation is 2. The van der Waals surface area contributed by atoms with Gasteiger partial charge in [-0.3, -0.25) is 0 Å². The van der Waals surface area contributed by atoms with Crippen molar-refractivity contribution in [2.24, 2.45) is 0 Å². The SMILES string of the molecule is CC1CCCCN1c1ncnc2sc3c(c12)CCCC3. The second kappa shape index (κ2) is 4.99. The van der Waals surface area contributed by atoms with Crippen LogP contribution in [0.25, 0.3) is 10.2 Å². The fourth-order valence-electron chi connectivity index (χ4n) is 3.70. The van der Waals surface area contributed by atoms with E-state index in [0.29, 0.717) is 6.04 Å². The predicted octanol–water partition coefficient (Wildman–Crippen LogP) is 3.95. The van der Waals surface area contributed by atoms with Crippen molar-refractivity contribution in [2.75, 3.05) is 11.4 Å². The van der Waals surface area contributed by atoms with Gasteiger partial charge in [-0.2, -0.15) is 0 Å². The molecule has 4 heteroatoms. The van der Waals surface area contributed by atoms with E-state index in [9.17, 15) is 0 Å². The molecule has 0 N–H and O–H groups in total. The van der Waals surface area contributed by atoms with E-state index in [1.807, 2.05) is 11.3 Å². The summed E-state index contributed by atoms with van der Waals surface area (Å²) >= 11 is 1.90. The van der Waals surface area contributed by atoms with Gasteiger partial charge in [-0.1, -0.05) is 0 Å². The Morgan fingerprint density at radius 1 is 1.15 bits per heavy atom. The van der Waals surface area contributed by atoms with Crippen molar-refractivity contribution >= 4 is 27.4 Å². The molecule has 0 radical (unpaired) electrons. The second-order valence-corrected chi connectivity index (χ2v) is 7.21. The van der Waals surface area contributed by atoms with E-state index in [0.717, 1.165) is 6.54 Å². The van der Waals surface area contributed by atoms with Crippen molar-refractivity contribution in [3.05, 3.63) is 16.8 Å². The van der Waals surface area contributed by atoms with Crippen molar-refractivity contribution in [3.63, 3.8) is 0 Å². The summed E-state index contributed by atoms with van der Waals surface area (Å²) in [6.07, 6.45) is 10.8. The largest absolute Gasteiger partial charge is 0.353 e. The van der Waals surface area contributed by atoms with Crippen LogP contribution in [0.3, 0.4) is 0 Å². The highest BCUT2D eigenvalue weighted by Crippen LogP contribution is 2.40. The molecule has 1 saturated heterocycles. The molecule has 0 bridgehead atoms. The molecule has 2 aliphatic rings. The molecule has 2 aromatic rings. The Hall–Kier alpha value is -1.16. The van der Waals surface area contributed by atoms with Crippen LogP contribution in [0.15, 0.2) is 6.33 Å². The van der Waals surface area contributed by atoms with Crippen LogP contribution in [0.4, 0.5) is 5.82 Å². The molecule has 0 saturated carbocycles. The van der Waals surface area contributed by atoms with Gasteiger partial charge in [-0.25, -0.2) is 9.97 Å². The van der Waals surface area contributed by atoms with Gasteiger partial charge in [0, 0.05) is 17.5 Å². The first-order valence-corrected chi connectivity index (χ1v) is 8.68. The highest BCUT2D eigenvalue weighted by atomic mass is 32.1. The van der Waals surface area contributed by atoms with E-state index in [2.05, 4.69) is 21.8 Å². The molecule has 1 unspecified atom stereocenters. The lowest BCUT2D eigenvalue weighted by atomic mass is 9.96. The molecule has 0 spiro atoms. The maximum absolute atomic E-state index is 4.68. The number of nitrogens with zero attached hydrogens (tertiary/aromatic N) is 3. The number of piperidine rings is 1. The minimum absolute atomic E-state index is 0.612. The number of hydrogen-bond donors (Lipinski definition) is 0. The predicted molar refractivity (Wildman–Crippen MR) is 84.7 cm³/mol. The van der Waals surface area contributed by atoms with Crippen LogP contribution in [-0.4, -0.2) is 22.6 Å². The number of anilines is 1. The monoisotopic (exact) mass is 287 g/mol. The maximum atomic E-state index is 4.68. The summed E-state index contributed by atoms with van der Waals surface area (Å²) in [7, 11) is 0. The molecular weight excluding hydrogens is 266 g/mol. The van der Waals surface area contributed by atoms with E-state index in [1.165, 1.54) is 61.0 Å². The van der Waals surface area contributed by atoms with E-state index in [1.54, 1.807) is 16.8 Å². The minimum Gasteiger partial charge on any atom is -0.353 e. The number of hydrogen-bond acceptors (Lipinski definition) is 4. The van der Waals surface area contributed by atoms with Crippen molar-refractivity contribution < 1.29 is 0 Å². The Morgan fingerprint density at radius 3 is 2.95 bits per heavy atom. The van der Waals surface area contributed by atoms with Gasteiger partial charge in [0.05, 0.1) is 5.39 Å². The van der Waals surface area contributed by atoms with Crippen LogP contribution in [0.2, 0.25) is 0 Å². The first-order chi connectivity index (χ1) is 9.84. The third kappa shape index (κ3) is 1.93. The molecule has 1 aliphatic carbocycles. The Labute approximate surface area is 124 Å². The van der Waals surface area contributed by atoms with E-state index in [-0.39, 0.29) is 0 Å². The van der Waals surface area contributed by atoms with Crippen LogP contribution in [-0.2, 0) is 12.8 Å². The normalized spacial score (nSPS) is 23.1. The molecule has 0 aromatic carbocycles. The summed E-state index contributed by atoms with van der Waals surface area (Å²) < 4.78 is 0. The van der Waals surface area contributed by atoms with Crippen LogP contribution in [0.1, 0.15) is 49.5 Å². The molecular formula is C16H21N3S. The van der Waals surface area contributed by atoms with Gasteiger partial charge in [0.2, 0.25) is 0 Å². The van der Waals surface area contributed by atoms with Crippen LogP contribution >= 0.6 is 11.3 Å². The third-order valence-corrected chi connectivity index (χ3v) is 6.01. The fourth-order valence-corrected chi connectivity index (χ4v) is 4.93. The summed E-state index contributed by atoms with van der Waals surface area (Å²) in [4.78, 5) is 14.5. The average Bonchev–Trinajstić information content (AvgIpc) is 2.86. The standard InChI is InChI=1S/C16H21N3S/c1-11-6-4-5-9-19(11)15-14-12-7-2-3-8-13(12)20-16(14)18-10-17-15/h10-11H,2-9H2,1H3. The topological polar surface area (TPSA) is 29.0 Å². The lowest BCUT2D eigenvalue weighted by Gasteiger charge is -2.35. The summed E-state index contributed by atoms with van der Waals surface area (Å²) in [5.41, 5.74) is 1.56. The first kappa shape index (κ1) is 12.6. The molecule has 3 heterocycles. The van der Waals surface area contributed by atoms with Gasteiger partial charge in [-0.05, 0) is 57.4 Å². The molecule has 20 heavy (non-hydrogen) atoms. The van der Waals surface area contributed by atoms with Crippen LogP contribution in [0.5, 0.6) is 0 Å². The molecule has 4 rings (SSSR count).